The molecule has 6 heteroatoms. The molecule has 0 aromatic heterocycles. The zero-order valence-electron chi connectivity index (χ0n) is 13.0. The van der Waals surface area contributed by atoms with Gasteiger partial charge < -0.3 is 15.4 Å². The highest BCUT2D eigenvalue weighted by Gasteiger charge is 2.36. The molecule has 0 spiro atoms. The van der Waals surface area contributed by atoms with Gasteiger partial charge in [0.05, 0.1) is 18.6 Å². The summed E-state index contributed by atoms with van der Waals surface area (Å²) in [5.41, 5.74) is 6.72. The Hall–Kier alpha value is -0.810. The maximum atomic E-state index is 12.6. The van der Waals surface area contributed by atoms with Gasteiger partial charge in [-0.3, -0.25) is 4.79 Å². The van der Waals surface area contributed by atoms with E-state index in [0.717, 1.165) is 18.4 Å². The summed E-state index contributed by atoms with van der Waals surface area (Å²) in [4.78, 5) is 14.6. The summed E-state index contributed by atoms with van der Waals surface area (Å²) in [6.45, 7) is 2.42. The van der Waals surface area contributed by atoms with Crippen LogP contribution in [0.25, 0.3) is 0 Å². The fraction of sp³-hybridized carbons (Fsp3) is 0.562. The fourth-order valence-corrected chi connectivity index (χ4v) is 2.68. The predicted octanol–water partition coefficient (Wildman–Crippen LogP) is 3.18. The van der Waals surface area contributed by atoms with Gasteiger partial charge in [0.1, 0.15) is 0 Å². The molecule has 4 nitrogen and oxygen atoms in total. The second kappa shape index (κ2) is 8.73. The standard InChI is InChI=1S/C16H23ClN2O2.ClH/c1-11(12-3-5-13(17)6-4-12)19(14-7-8-14)16(20)9-15(10-18)21-2;/h3-6,11,14-15H,7-10,18H2,1-2H3;1H. The van der Waals surface area contributed by atoms with Crippen molar-refractivity contribution < 1.29 is 9.53 Å². The summed E-state index contributed by atoms with van der Waals surface area (Å²) in [5, 5.41) is 0.706. The Balaban J connectivity index is 0.00000242. The molecular formula is C16H24Cl2N2O2. The zero-order chi connectivity index (χ0) is 15.4. The maximum Gasteiger partial charge on any atom is 0.225 e. The van der Waals surface area contributed by atoms with Crippen LogP contribution in [0.3, 0.4) is 0 Å². The Kier molecular flexibility index (Phi) is 7.63. The van der Waals surface area contributed by atoms with Gasteiger partial charge in [-0.25, -0.2) is 0 Å². The van der Waals surface area contributed by atoms with E-state index in [-0.39, 0.29) is 30.5 Å². The van der Waals surface area contributed by atoms with Crippen LogP contribution in [0, 0.1) is 0 Å². The van der Waals surface area contributed by atoms with E-state index >= 15 is 0 Å². The molecule has 1 aliphatic rings. The Morgan fingerprint density at radius 1 is 1.41 bits per heavy atom. The molecule has 1 saturated carbocycles. The first-order chi connectivity index (χ1) is 10.1. The highest BCUT2D eigenvalue weighted by atomic mass is 35.5. The van der Waals surface area contributed by atoms with Crippen LogP contribution in [-0.4, -0.2) is 36.6 Å². The van der Waals surface area contributed by atoms with Crippen molar-refractivity contribution in [3.8, 4) is 0 Å². The summed E-state index contributed by atoms with van der Waals surface area (Å²) in [5.74, 6) is 0.109. The van der Waals surface area contributed by atoms with Crippen molar-refractivity contribution in [3.05, 3.63) is 34.9 Å². The van der Waals surface area contributed by atoms with Crippen LogP contribution in [0.5, 0.6) is 0 Å². The van der Waals surface area contributed by atoms with Crippen molar-refractivity contribution in [3.63, 3.8) is 0 Å². The van der Waals surface area contributed by atoms with Crippen LogP contribution in [0.1, 0.15) is 37.8 Å². The molecule has 1 aromatic carbocycles. The van der Waals surface area contributed by atoms with Crippen LogP contribution in [0.4, 0.5) is 0 Å². The molecule has 0 saturated heterocycles. The zero-order valence-corrected chi connectivity index (χ0v) is 14.6. The van der Waals surface area contributed by atoms with Crippen LogP contribution < -0.4 is 5.73 Å². The maximum absolute atomic E-state index is 12.6. The summed E-state index contributed by atoms with van der Waals surface area (Å²) in [7, 11) is 1.59. The van der Waals surface area contributed by atoms with E-state index in [2.05, 4.69) is 6.92 Å². The number of nitrogens with zero attached hydrogens (tertiary/aromatic N) is 1. The van der Waals surface area contributed by atoms with Gasteiger partial charge in [-0.1, -0.05) is 23.7 Å². The Labute approximate surface area is 143 Å². The van der Waals surface area contributed by atoms with Crippen molar-refractivity contribution in [1.82, 2.24) is 4.90 Å². The van der Waals surface area contributed by atoms with Gasteiger partial charge >= 0.3 is 0 Å². The van der Waals surface area contributed by atoms with Gasteiger partial charge in [0.15, 0.2) is 0 Å². The minimum atomic E-state index is -0.212. The van der Waals surface area contributed by atoms with Gasteiger partial charge in [0.2, 0.25) is 5.91 Å². The van der Waals surface area contributed by atoms with Crippen LogP contribution in [-0.2, 0) is 9.53 Å². The van der Waals surface area contributed by atoms with E-state index in [4.69, 9.17) is 22.1 Å². The Morgan fingerprint density at radius 2 is 2.00 bits per heavy atom. The quantitative estimate of drug-likeness (QED) is 0.824. The monoisotopic (exact) mass is 346 g/mol. The number of nitrogens with two attached hydrogens (primary N) is 1. The smallest absolute Gasteiger partial charge is 0.225 e. The SMILES string of the molecule is COC(CN)CC(=O)N(C1CC1)C(C)c1ccc(Cl)cc1.Cl. The molecule has 22 heavy (non-hydrogen) atoms. The molecule has 2 atom stereocenters. The largest absolute Gasteiger partial charge is 0.380 e. The third kappa shape index (κ3) is 4.85. The summed E-state index contributed by atoms with van der Waals surface area (Å²) < 4.78 is 5.23. The first-order valence-electron chi connectivity index (χ1n) is 7.36. The number of amides is 1. The molecule has 1 aromatic rings. The lowest BCUT2D eigenvalue weighted by Crippen LogP contribution is -2.39. The van der Waals surface area contributed by atoms with Gasteiger partial charge in [0, 0.05) is 24.7 Å². The second-order valence-electron chi connectivity index (χ2n) is 5.56. The second-order valence-corrected chi connectivity index (χ2v) is 5.99. The lowest BCUT2D eigenvalue weighted by atomic mass is 10.1. The van der Waals surface area contributed by atoms with Gasteiger partial charge in [-0.15, -0.1) is 12.4 Å². The van der Waals surface area contributed by atoms with Crippen molar-refractivity contribution in [1.29, 1.82) is 0 Å². The van der Waals surface area contributed by atoms with Crippen LogP contribution in [0.2, 0.25) is 5.02 Å². The molecule has 0 radical (unpaired) electrons. The molecule has 1 fully saturated rings. The molecule has 0 aliphatic heterocycles. The van der Waals surface area contributed by atoms with Crippen molar-refractivity contribution in [2.45, 2.75) is 44.4 Å². The molecule has 1 aliphatic carbocycles. The van der Waals surface area contributed by atoms with Crippen LogP contribution in [0.15, 0.2) is 24.3 Å². The normalized spacial score (nSPS) is 16.5. The van der Waals surface area contributed by atoms with Gasteiger partial charge in [-0.05, 0) is 37.5 Å². The first kappa shape index (κ1) is 19.2. The third-order valence-corrected chi connectivity index (χ3v) is 4.25. The van der Waals surface area contributed by atoms with Crippen molar-refractivity contribution >= 4 is 29.9 Å². The van der Waals surface area contributed by atoms with E-state index in [0.29, 0.717) is 24.0 Å². The topological polar surface area (TPSA) is 55.6 Å². The molecule has 2 unspecified atom stereocenters. The predicted molar refractivity (Wildman–Crippen MR) is 91.5 cm³/mol. The number of hydrogen-bond acceptors (Lipinski definition) is 3. The number of halogens is 2. The molecule has 124 valence electrons. The third-order valence-electron chi connectivity index (χ3n) is 4.00. The Morgan fingerprint density at radius 3 is 2.45 bits per heavy atom. The fourth-order valence-electron chi connectivity index (χ4n) is 2.55. The number of carbonyl (C=O) groups is 1. The molecule has 0 heterocycles. The molecule has 2 rings (SSSR count). The highest BCUT2D eigenvalue weighted by molar-refractivity contribution is 6.30. The number of methoxy groups -OCH3 is 1. The summed E-state index contributed by atoms with van der Waals surface area (Å²) in [6, 6.07) is 8.07. The van der Waals surface area contributed by atoms with E-state index in [1.165, 1.54) is 0 Å². The van der Waals surface area contributed by atoms with Gasteiger partial charge in [-0.2, -0.15) is 0 Å². The average molecular weight is 347 g/mol. The van der Waals surface area contributed by atoms with E-state index < -0.39 is 0 Å². The summed E-state index contributed by atoms with van der Waals surface area (Å²) in [6.07, 6.45) is 2.27. The lowest BCUT2D eigenvalue weighted by molar-refractivity contribution is -0.136. The minimum Gasteiger partial charge on any atom is -0.380 e. The number of carbonyl (C=O) groups excluding carboxylic acids is 1. The Bertz CT molecular complexity index is 474. The number of rotatable bonds is 7. The van der Waals surface area contributed by atoms with Crippen molar-refractivity contribution in [2.75, 3.05) is 13.7 Å². The number of benzene rings is 1. The lowest BCUT2D eigenvalue weighted by Gasteiger charge is -2.31. The first-order valence-corrected chi connectivity index (χ1v) is 7.74. The molecule has 1 amide bonds. The average Bonchev–Trinajstić information content (AvgIpc) is 3.30. The molecule has 2 N–H and O–H groups in total. The van der Waals surface area contributed by atoms with Gasteiger partial charge in [0.25, 0.3) is 0 Å². The minimum absolute atomic E-state index is 0. The highest BCUT2D eigenvalue weighted by Crippen LogP contribution is 2.35. The van der Waals surface area contributed by atoms with Crippen LogP contribution >= 0.6 is 24.0 Å². The molecular weight excluding hydrogens is 323 g/mol. The van der Waals surface area contributed by atoms with Crippen molar-refractivity contribution in [2.24, 2.45) is 5.73 Å². The van der Waals surface area contributed by atoms with E-state index in [1.54, 1.807) is 7.11 Å². The summed E-state index contributed by atoms with van der Waals surface area (Å²) >= 11 is 5.93. The van der Waals surface area contributed by atoms with E-state index in [9.17, 15) is 4.79 Å². The number of ether oxygens (including phenoxy) is 1. The molecule has 0 bridgehead atoms. The van der Waals surface area contributed by atoms with E-state index in [1.807, 2.05) is 29.2 Å². The number of hydrogen-bond donors (Lipinski definition) is 1.